The number of halogens is 2. The first-order chi connectivity index (χ1) is 16.1. The molecule has 3 N–H and O–H groups in total. The second-order valence-corrected chi connectivity index (χ2v) is 8.72. The van der Waals surface area contributed by atoms with Gasteiger partial charge in [0.25, 0.3) is 0 Å². The van der Waals surface area contributed by atoms with E-state index in [1.54, 1.807) is 0 Å². The molecular weight excluding hydrogens is 491 g/mol. The van der Waals surface area contributed by atoms with E-state index in [9.17, 15) is 9.59 Å². The quantitative estimate of drug-likeness (QED) is 0.368. The van der Waals surface area contributed by atoms with Crippen molar-refractivity contribution >= 4 is 52.9 Å². The number of urea groups is 1. The van der Waals surface area contributed by atoms with Crippen LogP contribution in [0.1, 0.15) is 33.1 Å². The number of piperazine rings is 1. The van der Waals surface area contributed by atoms with Crippen LogP contribution in [0.4, 0.5) is 4.79 Å². The highest BCUT2D eigenvalue weighted by molar-refractivity contribution is 5.90. The molecule has 0 bridgehead atoms. The predicted molar refractivity (Wildman–Crippen MR) is 144 cm³/mol. The van der Waals surface area contributed by atoms with E-state index < -0.39 is 0 Å². The third kappa shape index (κ3) is 7.49. The summed E-state index contributed by atoms with van der Waals surface area (Å²) in [7, 11) is 0. The second kappa shape index (κ2) is 13.6. The summed E-state index contributed by atoms with van der Waals surface area (Å²) in [6.45, 7) is 10.2. The Labute approximate surface area is 217 Å². The zero-order chi connectivity index (χ0) is 23.2. The number of hydrogen-bond acceptors (Lipinski definition) is 5. The molecule has 2 amide bonds. The van der Waals surface area contributed by atoms with E-state index in [1.807, 2.05) is 29.2 Å². The standard InChI is InChI=1S/C24H34N6O3.2ClH/c1-3-17(4-2)16-29-9-11-30(12-10-29)24(32)25-8-5-13-33-19-6-7-20-18(14-19)15-21-22(26-20)28-23(31)27-21;;/h6-7,14-15,17H,3-5,8-13,16H2,1-2H3,(H,25,32)(H2,26,27,28,31);2*1H. The van der Waals surface area contributed by atoms with Crippen LogP contribution < -0.4 is 15.7 Å². The minimum atomic E-state index is -0.269. The van der Waals surface area contributed by atoms with Crippen molar-refractivity contribution in [3.63, 3.8) is 0 Å². The molecule has 11 heteroatoms. The number of benzene rings is 1. The molecule has 2 aromatic heterocycles. The van der Waals surface area contributed by atoms with Gasteiger partial charge in [0, 0.05) is 44.7 Å². The number of amides is 2. The summed E-state index contributed by atoms with van der Waals surface area (Å²) in [6, 6.07) is 7.55. The van der Waals surface area contributed by atoms with Gasteiger partial charge >= 0.3 is 11.7 Å². The molecule has 0 aliphatic carbocycles. The SMILES string of the molecule is CCC(CC)CN1CCN(C(=O)NCCCOc2ccc3nc4[nH]c(=O)[nH]c4cc3c2)CC1.Cl.Cl. The van der Waals surface area contributed by atoms with Crippen LogP contribution in [0.25, 0.3) is 22.1 Å². The number of aromatic amines is 2. The van der Waals surface area contributed by atoms with Crippen molar-refractivity contribution in [2.75, 3.05) is 45.9 Å². The van der Waals surface area contributed by atoms with Gasteiger partial charge in [-0.2, -0.15) is 0 Å². The van der Waals surface area contributed by atoms with Crippen LogP contribution in [0.5, 0.6) is 5.75 Å². The Morgan fingerprint density at radius 3 is 2.57 bits per heavy atom. The van der Waals surface area contributed by atoms with Crippen LogP contribution in [0.2, 0.25) is 0 Å². The average Bonchev–Trinajstić information content (AvgIpc) is 3.19. The Hall–Kier alpha value is -2.49. The number of imidazole rings is 1. The molecule has 0 saturated carbocycles. The molecule has 0 unspecified atom stereocenters. The number of carbonyl (C=O) groups excluding carboxylic acids is 1. The molecule has 0 spiro atoms. The number of carbonyl (C=O) groups is 1. The molecule has 1 aliphatic heterocycles. The maximum absolute atomic E-state index is 12.4. The maximum atomic E-state index is 12.4. The minimum Gasteiger partial charge on any atom is -0.494 e. The van der Waals surface area contributed by atoms with Gasteiger partial charge in [-0.1, -0.05) is 26.7 Å². The fourth-order valence-corrected chi connectivity index (χ4v) is 4.31. The first kappa shape index (κ1) is 28.7. The van der Waals surface area contributed by atoms with Crippen molar-refractivity contribution in [2.24, 2.45) is 5.92 Å². The third-order valence-corrected chi connectivity index (χ3v) is 6.46. The number of pyridine rings is 1. The summed E-state index contributed by atoms with van der Waals surface area (Å²) in [5.74, 6) is 1.49. The number of nitrogens with zero attached hydrogens (tertiary/aromatic N) is 3. The Morgan fingerprint density at radius 2 is 1.86 bits per heavy atom. The van der Waals surface area contributed by atoms with E-state index in [2.05, 4.69) is 39.0 Å². The number of H-pyrrole nitrogens is 2. The maximum Gasteiger partial charge on any atom is 0.325 e. The molecule has 3 aromatic rings. The fraction of sp³-hybridized carbons (Fsp3) is 0.542. The number of rotatable bonds is 9. The van der Waals surface area contributed by atoms with E-state index in [0.717, 1.165) is 61.7 Å². The van der Waals surface area contributed by atoms with Crippen molar-refractivity contribution in [3.05, 3.63) is 34.7 Å². The van der Waals surface area contributed by atoms with Gasteiger partial charge in [0.1, 0.15) is 5.75 Å². The predicted octanol–water partition coefficient (Wildman–Crippen LogP) is 3.78. The topological polar surface area (TPSA) is 106 Å². The van der Waals surface area contributed by atoms with Gasteiger partial charge in [-0.15, -0.1) is 24.8 Å². The molecule has 0 radical (unpaired) electrons. The van der Waals surface area contributed by atoms with Crippen molar-refractivity contribution in [2.45, 2.75) is 33.1 Å². The van der Waals surface area contributed by atoms with E-state index >= 15 is 0 Å². The molecule has 9 nitrogen and oxygen atoms in total. The Kier molecular flexibility index (Phi) is 11.1. The summed E-state index contributed by atoms with van der Waals surface area (Å²) in [5.41, 5.74) is 1.74. The lowest BCUT2D eigenvalue weighted by molar-refractivity contribution is 0.125. The smallest absolute Gasteiger partial charge is 0.325 e. The molecule has 4 rings (SSSR count). The molecule has 0 atom stereocenters. The summed E-state index contributed by atoms with van der Waals surface area (Å²) >= 11 is 0. The third-order valence-electron chi connectivity index (χ3n) is 6.46. The van der Waals surface area contributed by atoms with E-state index in [-0.39, 0.29) is 36.5 Å². The van der Waals surface area contributed by atoms with Gasteiger partial charge < -0.3 is 19.9 Å². The second-order valence-electron chi connectivity index (χ2n) is 8.72. The molecular formula is C24H36Cl2N6O3. The monoisotopic (exact) mass is 526 g/mol. The summed E-state index contributed by atoms with van der Waals surface area (Å²) in [5, 5.41) is 3.91. The van der Waals surface area contributed by atoms with Crippen LogP contribution in [-0.4, -0.2) is 76.7 Å². The van der Waals surface area contributed by atoms with E-state index in [4.69, 9.17) is 4.74 Å². The summed E-state index contributed by atoms with van der Waals surface area (Å²) in [4.78, 5) is 38.1. The fourth-order valence-electron chi connectivity index (χ4n) is 4.31. The highest BCUT2D eigenvalue weighted by Gasteiger charge is 2.22. The molecule has 194 valence electrons. The Morgan fingerprint density at radius 1 is 1.11 bits per heavy atom. The Balaban J connectivity index is 0.00000216. The first-order valence-electron chi connectivity index (χ1n) is 12.0. The highest BCUT2D eigenvalue weighted by atomic mass is 35.5. The van der Waals surface area contributed by atoms with E-state index in [1.165, 1.54) is 12.8 Å². The highest BCUT2D eigenvalue weighted by Crippen LogP contribution is 2.22. The van der Waals surface area contributed by atoms with Gasteiger partial charge in [-0.3, -0.25) is 9.88 Å². The lowest BCUT2D eigenvalue weighted by atomic mass is 10.0. The zero-order valence-electron chi connectivity index (χ0n) is 20.3. The van der Waals surface area contributed by atoms with Crippen LogP contribution in [0, 0.1) is 5.92 Å². The van der Waals surface area contributed by atoms with Gasteiger partial charge in [-0.25, -0.2) is 14.6 Å². The van der Waals surface area contributed by atoms with Crippen LogP contribution >= 0.6 is 24.8 Å². The van der Waals surface area contributed by atoms with Crippen LogP contribution in [-0.2, 0) is 0 Å². The minimum absolute atomic E-state index is 0. The molecule has 1 aliphatic rings. The first-order valence-corrected chi connectivity index (χ1v) is 12.0. The van der Waals surface area contributed by atoms with Crippen molar-refractivity contribution in [1.82, 2.24) is 30.1 Å². The Bertz CT molecular complexity index is 1140. The molecule has 1 fully saturated rings. The lowest BCUT2D eigenvalue weighted by Gasteiger charge is -2.36. The number of hydrogen-bond donors (Lipinski definition) is 3. The molecule has 1 saturated heterocycles. The lowest BCUT2D eigenvalue weighted by Crippen LogP contribution is -2.52. The van der Waals surface area contributed by atoms with Crippen molar-refractivity contribution in [1.29, 1.82) is 0 Å². The van der Waals surface area contributed by atoms with Gasteiger partial charge in [0.15, 0.2) is 5.65 Å². The van der Waals surface area contributed by atoms with E-state index in [0.29, 0.717) is 24.3 Å². The van der Waals surface area contributed by atoms with Crippen LogP contribution in [0.3, 0.4) is 0 Å². The largest absolute Gasteiger partial charge is 0.494 e. The van der Waals surface area contributed by atoms with Gasteiger partial charge in [-0.05, 0) is 36.6 Å². The number of nitrogens with one attached hydrogen (secondary N) is 3. The van der Waals surface area contributed by atoms with Crippen LogP contribution in [0.15, 0.2) is 29.1 Å². The molecule has 35 heavy (non-hydrogen) atoms. The molecule has 3 heterocycles. The average molecular weight is 527 g/mol. The van der Waals surface area contributed by atoms with Gasteiger partial charge in [0.2, 0.25) is 0 Å². The number of fused-ring (bicyclic) bond motifs is 2. The summed E-state index contributed by atoms with van der Waals surface area (Å²) in [6.07, 6.45) is 3.15. The van der Waals surface area contributed by atoms with Crippen molar-refractivity contribution < 1.29 is 9.53 Å². The van der Waals surface area contributed by atoms with Gasteiger partial charge in [0.05, 0.1) is 17.6 Å². The zero-order valence-corrected chi connectivity index (χ0v) is 22.0. The van der Waals surface area contributed by atoms with Crippen molar-refractivity contribution in [3.8, 4) is 5.75 Å². The normalized spacial score (nSPS) is 14.1. The number of aromatic nitrogens is 3. The summed E-state index contributed by atoms with van der Waals surface area (Å²) < 4.78 is 5.85. The molecule has 1 aromatic carbocycles. The number of ether oxygens (including phenoxy) is 1.